The van der Waals surface area contributed by atoms with Crippen LogP contribution in [0.1, 0.15) is 22.2 Å². The lowest BCUT2D eigenvalue weighted by Crippen LogP contribution is -2.55. The number of aromatic amines is 1. The van der Waals surface area contributed by atoms with Crippen molar-refractivity contribution in [3.8, 4) is 0 Å². The van der Waals surface area contributed by atoms with Crippen molar-refractivity contribution in [1.82, 2.24) is 19.2 Å². The average molecular weight is 405 g/mol. The van der Waals surface area contributed by atoms with E-state index in [0.29, 0.717) is 29.0 Å². The number of aryl methyl sites for hydroxylation is 1. The summed E-state index contributed by atoms with van der Waals surface area (Å²) in [7, 11) is -3.68. The number of aromatic nitrogens is 2. The van der Waals surface area contributed by atoms with Gasteiger partial charge in [0, 0.05) is 43.5 Å². The van der Waals surface area contributed by atoms with Gasteiger partial charge >= 0.3 is 0 Å². The molecule has 0 spiro atoms. The van der Waals surface area contributed by atoms with Crippen molar-refractivity contribution in [3.63, 3.8) is 0 Å². The first-order chi connectivity index (χ1) is 12.9. The highest BCUT2D eigenvalue weighted by atomic mass is 32.2. The monoisotopic (exact) mass is 404 g/mol. The minimum Gasteiger partial charge on any atom is -0.345 e. The summed E-state index contributed by atoms with van der Waals surface area (Å²) in [6.07, 6.45) is 3.11. The van der Waals surface area contributed by atoms with Gasteiger partial charge in [0.15, 0.2) is 0 Å². The second-order valence-corrected chi connectivity index (χ2v) is 9.53. The number of carbonyl (C=O) groups excluding carboxylic acids is 1. The summed E-state index contributed by atoms with van der Waals surface area (Å²) in [5.74, 6) is -0.0340. The lowest BCUT2D eigenvalue weighted by Gasteiger charge is -2.38. The predicted octanol–water partition coefficient (Wildman–Crippen LogP) is 2.47. The summed E-state index contributed by atoms with van der Waals surface area (Å²) in [5, 5.41) is 2.53. The van der Waals surface area contributed by atoms with Crippen molar-refractivity contribution in [2.45, 2.75) is 24.8 Å². The van der Waals surface area contributed by atoms with Gasteiger partial charge in [-0.15, -0.1) is 11.3 Å². The highest BCUT2D eigenvalue weighted by molar-refractivity contribution is 7.89. The molecular formula is C18H20N4O3S2. The van der Waals surface area contributed by atoms with Gasteiger partial charge in [-0.1, -0.05) is 0 Å². The maximum Gasteiger partial charge on any atom is 0.264 e. The molecule has 0 bridgehead atoms. The zero-order chi connectivity index (χ0) is 19.2. The first-order valence-corrected chi connectivity index (χ1v) is 11.0. The first-order valence-electron chi connectivity index (χ1n) is 8.66. The lowest BCUT2D eigenvalue weighted by atomic mass is 10.2. The largest absolute Gasteiger partial charge is 0.345 e. The number of piperazine rings is 1. The number of sulfonamides is 1. The van der Waals surface area contributed by atoms with Gasteiger partial charge in [-0.2, -0.15) is 4.31 Å². The molecule has 3 aromatic rings. The highest BCUT2D eigenvalue weighted by Gasteiger charge is 2.36. The molecule has 0 radical (unpaired) electrons. The zero-order valence-electron chi connectivity index (χ0n) is 15.0. The number of nitrogens with zero attached hydrogens (tertiary/aromatic N) is 3. The molecule has 0 aliphatic carbocycles. The molecule has 1 aliphatic rings. The molecule has 1 atom stereocenters. The Morgan fingerprint density at radius 1 is 1.37 bits per heavy atom. The Bertz CT molecular complexity index is 1100. The Balaban J connectivity index is 1.57. The van der Waals surface area contributed by atoms with Crippen LogP contribution in [-0.2, 0) is 10.0 Å². The van der Waals surface area contributed by atoms with Gasteiger partial charge in [0.25, 0.3) is 5.91 Å². The van der Waals surface area contributed by atoms with E-state index in [1.807, 2.05) is 25.3 Å². The molecule has 1 amide bonds. The van der Waals surface area contributed by atoms with E-state index in [-0.39, 0.29) is 23.4 Å². The molecule has 3 aromatic heterocycles. The molecule has 27 heavy (non-hydrogen) atoms. The van der Waals surface area contributed by atoms with Crippen LogP contribution in [0.4, 0.5) is 0 Å². The van der Waals surface area contributed by atoms with Crippen LogP contribution in [0.5, 0.6) is 0 Å². The SMILES string of the molecule is Cc1csc(C(=O)N2CCN(S(=O)(=O)c3c[nH]c4ncccc34)[C@@H](C)C2)c1. The second kappa shape index (κ2) is 6.74. The van der Waals surface area contributed by atoms with E-state index in [1.54, 1.807) is 23.2 Å². The summed E-state index contributed by atoms with van der Waals surface area (Å²) in [4.78, 5) is 22.4. The normalized spacial score (nSPS) is 18.9. The van der Waals surface area contributed by atoms with Crippen molar-refractivity contribution in [3.05, 3.63) is 46.4 Å². The van der Waals surface area contributed by atoms with Crippen molar-refractivity contribution < 1.29 is 13.2 Å². The Morgan fingerprint density at radius 3 is 2.89 bits per heavy atom. The Labute approximate surface area is 161 Å². The molecule has 1 saturated heterocycles. The molecule has 9 heteroatoms. The number of fused-ring (bicyclic) bond motifs is 1. The first kappa shape index (κ1) is 18.1. The summed E-state index contributed by atoms with van der Waals surface area (Å²) in [6, 6.07) is 5.03. The number of pyridine rings is 1. The standard InChI is InChI=1S/C18H20N4O3S2/c1-12-8-15(26-11-12)18(23)21-6-7-22(13(2)10-21)27(24,25)16-9-20-17-14(16)4-3-5-19-17/h3-5,8-9,11,13H,6-7,10H2,1-2H3,(H,19,20)/t13-/m0/s1. The van der Waals surface area contributed by atoms with Crippen LogP contribution in [-0.4, -0.2) is 59.2 Å². The minimum absolute atomic E-state index is 0.0340. The van der Waals surface area contributed by atoms with Gasteiger partial charge in [-0.05, 0) is 43.0 Å². The molecule has 0 unspecified atom stereocenters. The van der Waals surface area contributed by atoms with Crippen LogP contribution in [0, 0.1) is 6.92 Å². The number of nitrogens with one attached hydrogen (secondary N) is 1. The molecule has 1 fully saturated rings. The third-order valence-electron chi connectivity index (χ3n) is 4.79. The molecule has 7 nitrogen and oxygen atoms in total. The third-order valence-corrected chi connectivity index (χ3v) is 7.88. The lowest BCUT2D eigenvalue weighted by molar-refractivity contribution is 0.0647. The molecule has 1 aliphatic heterocycles. The van der Waals surface area contributed by atoms with Gasteiger partial charge in [-0.3, -0.25) is 4.79 Å². The van der Waals surface area contributed by atoms with Gasteiger partial charge in [0.05, 0.1) is 4.88 Å². The van der Waals surface area contributed by atoms with Crippen molar-refractivity contribution in [1.29, 1.82) is 0 Å². The Kier molecular flexibility index (Phi) is 4.53. The fourth-order valence-corrected chi connectivity index (χ4v) is 6.08. The van der Waals surface area contributed by atoms with Crippen LogP contribution in [0.3, 0.4) is 0 Å². The van der Waals surface area contributed by atoms with Crippen LogP contribution >= 0.6 is 11.3 Å². The number of hydrogen-bond acceptors (Lipinski definition) is 5. The van der Waals surface area contributed by atoms with Gasteiger partial charge < -0.3 is 9.88 Å². The maximum absolute atomic E-state index is 13.2. The number of rotatable bonds is 3. The van der Waals surface area contributed by atoms with E-state index in [1.165, 1.54) is 21.8 Å². The van der Waals surface area contributed by atoms with E-state index < -0.39 is 10.0 Å². The number of H-pyrrole nitrogens is 1. The summed E-state index contributed by atoms with van der Waals surface area (Å²) < 4.78 is 27.9. The second-order valence-electron chi connectivity index (χ2n) is 6.76. The topological polar surface area (TPSA) is 86.4 Å². The molecule has 4 heterocycles. The molecular weight excluding hydrogens is 384 g/mol. The van der Waals surface area contributed by atoms with Crippen LogP contribution < -0.4 is 0 Å². The van der Waals surface area contributed by atoms with Crippen molar-refractivity contribution >= 4 is 38.3 Å². The minimum atomic E-state index is -3.68. The summed E-state index contributed by atoms with van der Waals surface area (Å²) >= 11 is 1.42. The van der Waals surface area contributed by atoms with Gasteiger partial charge in [-0.25, -0.2) is 13.4 Å². The highest BCUT2D eigenvalue weighted by Crippen LogP contribution is 2.28. The van der Waals surface area contributed by atoms with Gasteiger partial charge in [0.1, 0.15) is 10.5 Å². The Hall–Kier alpha value is -2.23. The zero-order valence-corrected chi connectivity index (χ0v) is 16.7. The van der Waals surface area contributed by atoms with Crippen molar-refractivity contribution in [2.75, 3.05) is 19.6 Å². The van der Waals surface area contributed by atoms with E-state index in [4.69, 9.17) is 0 Å². The number of carbonyl (C=O) groups is 1. The maximum atomic E-state index is 13.2. The van der Waals surface area contributed by atoms with E-state index >= 15 is 0 Å². The Morgan fingerprint density at radius 2 is 2.19 bits per heavy atom. The molecule has 4 rings (SSSR count). The quantitative estimate of drug-likeness (QED) is 0.727. The van der Waals surface area contributed by atoms with Gasteiger partial charge in [0.2, 0.25) is 10.0 Å². The van der Waals surface area contributed by atoms with Crippen LogP contribution in [0.2, 0.25) is 0 Å². The smallest absolute Gasteiger partial charge is 0.264 e. The fraction of sp³-hybridized carbons (Fsp3) is 0.333. The number of thiophene rings is 1. The number of hydrogen-bond donors (Lipinski definition) is 1. The summed E-state index contributed by atoms with van der Waals surface area (Å²) in [5.41, 5.74) is 1.61. The predicted molar refractivity (Wildman–Crippen MR) is 104 cm³/mol. The average Bonchev–Trinajstić information content (AvgIpc) is 3.27. The van der Waals surface area contributed by atoms with Crippen molar-refractivity contribution in [2.24, 2.45) is 0 Å². The molecule has 0 aromatic carbocycles. The number of amides is 1. The molecule has 1 N–H and O–H groups in total. The van der Waals surface area contributed by atoms with Crippen LogP contribution in [0.25, 0.3) is 11.0 Å². The third kappa shape index (κ3) is 3.15. The molecule has 0 saturated carbocycles. The fourth-order valence-electron chi connectivity index (χ4n) is 3.45. The molecule has 142 valence electrons. The van der Waals surface area contributed by atoms with E-state index in [0.717, 1.165) is 5.56 Å². The van der Waals surface area contributed by atoms with E-state index in [9.17, 15) is 13.2 Å². The van der Waals surface area contributed by atoms with Crippen LogP contribution in [0.15, 0.2) is 40.9 Å². The summed E-state index contributed by atoms with van der Waals surface area (Å²) in [6.45, 7) is 4.81. The van der Waals surface area contributed by atoms with E-state index in [2.05, 4.69) is 9.97 Å².